The first-order valence-electron chi connectivity index (χ1n) is 9.42. The van der Waals surface area contributed by atoms with E-state index in [1.54, 1.807) is 24.3 Å². The maximum Gasteiger partial charge on any atom is 0.261 e. The van der Waals surface area contributed by atoms with Crippen molar-refractivity contribution in [2.24, 2.45) is 0 Å². The van der Waals surface area contributed by atoms with Crippen LogP contribution in [-0.2, 0) is 10.0 Å². The SMILES string of the molecule is Cc1ccccc1NS(=O)(=O)c1cccc(C(=O)Nc2cccc3ccccc23)c1. The third-order valence-corrected chi connectivity index (χ3v) is 6.20. The average molecular weight is 417 g/mol. The number of benzene rings is 4. The van der Waals surface area contributed by atoms with Crippen LogP contribution in [-0.4, -0.2) is 14.3 Å². The van der Waals surface area contributed by atoms with Crippen LogP contribution in [0, 0.1) is 6.92 Å². The van der Waals surface area contributed by atoms with Gasteiger partial charge in [0.1, 0.15) is 0 Å². The van der Waals surface area contributed by atoms with E-state index >= 15 is 0 Å². The summed E-state index contributed by atoms with van der Waals surface area (Å²) in [6.07, 6.45) is 0. The molecule has 0 heterocycles. The molecular formula is C24H20N2O3S. The van der Waals surface area contributed by atoms with Gasteiger partial charge >= 0.3 is 0 Å². The Morgan fingerprint density at radius 2 is 1.43 bits per heavy atom. The van der Waals surface area contributed by atoms with E-state index in [0.29, 0.717) is 11.4 Å². The summed E-state index contributed by atoms with van der Waals surface area (Å²) >= 11 is 0. The Morgan fingerprint density at radius 1 is 0.767 bits per heavy atom. The molecular weight excluding hydrogens is 396 g/mol. The fourth-order valence-electron chi connectivity index (χ4n) is 3.22. The van der Waals surface area contributed by atoms with E-state index in [2.05, 4.69) is 10.0 Å². The van der Waals surface area contributed by atoms with Gasteiger partial charge < -0.3 is 5.32 Å². The number of rotatable bonds is 5. The number of hydrogen-bond donors (Lipinski definition) is 2. The summed E-state index contributed by atoms with van der Waals surface area (Å²) in [5, 5.41) is 4.81. The van der Waals surface area contributed by atoms with Gasteiger partial charge in [-0.25, -0.2) is 8.42 Å². The zero-order valence-electron chi connectivity index (χ0n) is 16.3. The number of hydrogen-bond acceptors (Lipinski definition) is 3. The fourth-order valence-corrected chi connectivity index (χ4v) is 4.40. The van der Waals surface area contributed by atoms with Crippen LogP contribution in [0.2, 0.25) is 0 Å². The second kappa shape index (κ2) is 8.00. The molecule has 0 aromatic heterocycles. The zero-order chi connectivity index (χ0) is 21.1. The monoisotopic (exact) mass is 416 g/mol. The first-order valence-corrected chi connectivity index (χ1v) is 10.9. The van der Waals surface area contributed by atoms with Crippen molar-refractivity contribution in [3.63, 3.8) is 0 Å². The van der Waals surface area contributed by atoms with Gasteiger partial charge in [0, 0.05) is 16.6 Å². The van der Waals surface area contributed by atoms with Crippen molar-refractivity contribution in [3.8, 4) is 0 Å². The smallest absolute Gasteiger partial charge is 0.261 e. The number of aryl methyl sites for hydroxylation is 1. The molecule has 0 saturated heterocycles. The highest BCUT2D eigenvalue weighted by Gasteiger charge is 2.17. The maximum absolute atomic E-state index is 12.8. The average Bonchev–Trinajstić information content (AvgIpc) is 2.75. The Balaban J connectivity index is 1.61. The zero-order valence-corrected chi connectivity index (χ0v) is 17.1. The van der Waals surface area contributed by atoms with Crippen molar-refractivity contribution in [2.75, 3.05) is 10.0 Å². The second-order valence-corrected chi connectivity index (χ2v) is 8.61. The van der Waals surface area contributed by atoms with Crippen molar-refractivity contribution < 1.29 is 13.2 Å². The lowest BCUT2D eigenvalue weighted by molar-refractivity contribution is 0.102. The number of sulfonamides is 1. The number of amides is 1. The van der Waals surface area contributed by atoms with Crippen LogP contribution in [0.25, 0.3) is 10.8 Å². The summed E-state index contributed by atoms with van der Waals surface area (Å²) in [6, 6.07) is 26.5. The number of carbonyl (C=O) groups excluding carboxylic acids is 1. The first kappa shape index (κ1) is 19.7. The lowest BCUT2D eigenvalue weighted by Gasteiger charge is -2.12. The van der Waals surface area contributed by atoms with E-state index in [4.69, 9.17) is 0 Å². The van der Waals surface area contributed by atoms with Crippen molar-refractivity contribution in [2.45, 2.75) is 11.8 Å². The van der Waals surface area contributed by atoms with Gasteiger partial charge in [-0.1, -0.05) is 60.7 Å². The summed E-state index contributed by atoms with van der Waals surface area (Å²) in [7, 11) is -3.83. The minimum absolute atomic E-state index is 0.0244. The standard InChI is InChI=1S/C24H20N2O3S/c1-17-8-2-5-14-22(17)26-30(28,29)20-12-6-11-19(16-20)24(27)25-23-15-7-10-18-9-3-4-13-21(18)23/h2-16,26H,1H3,(H,25,27). The van der Waals surface area contributed by atoms with Crippen molar-refractivity contribution in [1.29, 1.82) is 0 Å². The predicted molar refractivity (Wildman–Crippen MR) is 120 cm³/mol. The lowest BCUT2D eigenvalue weighted by atomic mass is 10.1. The molecule has 0 aliphatic rings. The third kappa shape index (κ3) is 4.04. The second-order valence-electron chi connectivity index (χ2n) is 6.93. The number of carbonyl (C=O) groups is 1. The summed E-state index contributed by atoms with van der Waals surface area (Å²) in [4.78, 5) is 12.8. The Morgan fingerprint density at radius 3 is 2.27 bits per heavy atom. The number of fused-ring (bicyclic) bond motifs is 1. The van der Waals surface area contributed by atoms with E-state index in [9.17, 15) is 13.2 Å². The van der Waals surface area contributed by atoms with Crippen LogP contribution in [0.5, 0.6) is 0 Å². The highest BCUT2D eigenvalue weighted by molar-refractivity contribution is 7.92. The summed E-state index contributed by atoms with van der Waals surface area (Å²) in [5.41, 5.74) is 2.24. The van der Waals surface area contributed by atoms with Gasteiger partial charge in [-0.15, -0.1) is 0 Å². The molecule has 0 aliphatic heterocycles. The normalized spacial score (nSPS) is 11.2. The molecule has 4 aromatic rings. The van der Waals surface area contributed by atoms with Gasteiger partial charge in [0.05, 0.1) is 10.6 Å². The quantitative estimate of drug-likeness (QED) is 0.469. The van der Waals surface area contributed by atoms with Crippen LogP contribution in [0.1, 0.15) is 15.9 Å². The number of para-hydroxylation sites is 1. The molecule has 5 nitrogen and oxygen atoms in total. The molecule has 0 radical (unpaired) electrons. The van der Waals surface area contributed by atoms with Crippen LogP contribution in [0.15, 0.2) is 95.9 Å². The topological polar surface area (TPSA) is 75.3 Å². The Kier molecular flexibility index (Phi) is 5.25. The predicted octanol–water partition coefficient (Wildman–Crippen LogP) is 5.20. The first-order chi connectivity index (χ1) is 14.4. The van der Waals surface area contributed by atoms with E-state index in [0.717, 1.165) is 16.3 Å². The molecule has 0 aliphatic carbocycles. The van der Waals surface area contributed by atoms with Crippen molar-refractivity contribution in [1.82, 2.24) is 0 Å². The van der Waals surface area contributed by atoms with E-state index < -0.39 is 10.0 Å². The van der Waals surface area contributed by atoms with Crippen LogP contribution in [0.4, 0.5) is 11.4 Å². The van der Waals surface area contributed by atoms with Crippen LogP contribution >= 0.6 is 0 Å². The molecule has 30 heavy (non-hydrogen) atoms. The fraction of sp³-hybridized carbons (Fsp3) is 0.0417. The summed E-state index contributed by atoms with van der Waals surface area (Å²) in [5.74, 6) is -0.376. The van der Waals surface area contributed by atoms with Crippen LogP contribution < -0.4 is 10.0 Å². The van der Waals surface area contributed by atoms with E-state index in [1.165, 1.54) is 12.1 Å². The molecule has 0 fully saturated rings. The van der Waals surface area contributed by atoms with Gasteiger partial charge in [0.2, 0.25) is 0 Å². The van der Waals surface area contributed by atoms with Gasteiger partial charge in [0.15, 0.2) is 0 Å². The molecule has 2 N–H and O–H groups in total. The Labute approximate surface area is 175 Å². The molecule has 4 rings (SSSR count). The molecule has 0 spiro atoms. The van der Waals surface area contributed by atoms with Gasteiger partial charge in [-0.3, -0.25) is 9.52 Å². The summed E-state index contributed by atoms with van der Waals surface area (Å²) in [6.45, 7) is 1.83. The highest BCUT2D eigenvalue weighted by atomic mass is 32.2. The minimum atomic E-state index is -3.83. The Bertz CT molecular complexity index is 1340. The largest absolute Gasteiger partial charge is 0.321 e. The molecule has 0 atom stereocenters. The van der Waals surface area contributed by atoms with Crippen molar-refractivity contribution >= 4 is 38.1 Å². The molecule has 0 bridgehead atoms. The molecule has 0 saturated carbocycles. The van der Waals surface area contributed by atoms with Gasteiger partial charge in [0.25, 0.3) is 15.9 Å². The summed E-state index contributed by atoms with van der Waals surface area (Å²) < 4.78 is 28.2. The minimum Gasteiger partial charge on any atom is -0.321 e. The van der Waals surface area contributed by atoms with Crippen LogP contribution in [0.3, 0.4) is 0 Å². The number of nitrogens with one attached hydrogen (secondary N) is 2. The highest BCUT2D eigenvalue weighted by Crippen LogP contribution is 2.24. The molecule has 1 amide bonds. The molecule has 150 valence electrons. The molecule has 4 aromatic carbocycles. The van der Waals surface area contributed by atoms with Gasteiger partial charge in [-0.2, -0.15) is 0 Å². The van der Waals surface area contributed by atoms with Crippen molar-refractivity contribution in [3.05, 3.63) is 102 Å². The maximum atomic E-state index is 12.8. The molecule has 0 unspecified atom stereocenters. The van der Waals surface area contributed by atoms with E-state index in [-0.39, 0.29) is 16.4 Å². The van der Waals surface area contributed by atoms with Gasteiger partial charge in [-0.05, 0) is 48.2 Å². The molecule has 6 heteroatoms. The lowest BCUT2D eigenvalue weighted by Crippen LogP contribution is -2.16. The number of anilines is 2. The Hall–Kier alpha value is -3.64. The third-order valence-electron chi connectivity index (χ3n) is 4.83. The van der Waals surface area contributed by atoms with E-state index in [1.807, 2.05) is 61.5 Å².